The van der Waals surface area contributed by atoms with Crippen molar-refractivity contribution >= 4 is 21.9 Å². The molecule has 8 nitrogen and oxygen atoms in total. The van der Waals surface area contributed by atoms with Gasteiger partial charge in [0.25, 0.3) is 0 Å². The number of sulfonamides is 1. The third-order valence-electron chi connectivity index (χ3n) is 4.77. The van der Waals surface area contributed by atoms with Gasteiger partial charge in [0.05, 0.1) is 11.7 Å². The van der Waals surface area contributed by atoms with Gasteiger partial charge in [-0.3, -0.25) is 14.6 Å². The molecule has 1 N–H and O–H groups in total. The number of hydrogen-bond donors (Lipinski definition) is 1. The standard InChI is InChI=1S/C17H25N3O5S/c1-3-26(24,25)19-9-6-15(7-10-19)20(12-16(21)22)17(23)13(2)14-5-4-8-18-11-14/h4-5,8,11,13,15H,3,6-7,9-10,12H2,1-2H3,(H,21,22). The first-order valence-electron chi connectivity index (χ1n) is 8.66. The van der Waals surface area contributed by atoms with Gasteiger partial charge in [-0.25, -0.2) is 12.7 Å². The summed E-state index contributed by atoms with van der Waals surface area (Å²) < 4.78 is 25.4. The highest BCUT2D eigenvalue weighted by Crippen LogP contribution is 2.24. The van der Waals surface area contributed by atoms with Crippen LogP contribution in [0.1, 0.15) is 38.2 Å². The lowest BCUT2D eigenvalue weighted by Crippen LogP contribution is -2.51. The fraction of sp³-hybridized carbons (Fsp3) is 0.588. The van der Waals surface area contributed by atoms with Gasteiger partial charge >= 0.3 is 5.97 Å². The number of aromatic nitrogens is 1. The Morgan fingerprint density at radius 2 is 2.04 bits per heavy atom. The van der Waals surface area contributed by atoms with E-state index in [0.29, 0.717) is 25.9 Å². The topological polar surface area (TPSA) is 108 Å². The molecule has 144 valence electrons. The molecule has 0 aromatic carbocycles. The maximum atomic E-state index is 12.9. The second kappa shape index (κ2) is 8.59. The van der Waals surface area contributed by atoms with Gasteiger partial charge < -0.3 is 10.0 Å². The van der Waals surface area contributed by atoms with E-state index in [2.05, 4.69) is 4.98 Å². The Labute approximate surface area is 153 Å². The van der Waals surface area contributed by atoms with Crippen LogP contribution in [0.15, 0.2) is 24.5 Å². The smallest absolute Gasteiger partial charge is 0.323 e. The highest BCUT2D eigenvalue weighted by Gasteiger charge is 2.34. The van der Waals surface area contributed by atoms with E-state index in [9.17, 15) is 23.1 Å². The Morgan fingerprint density at radius 1 is 1.38 bits per heavy atom. The fourth-order valence-electron chi connectivity index (χ4n) is 3.17. The number of amides is 1. The number of piperidine rings is 1. The monoisotopic (exact) mass is 383 g/mol. The van der Waals surface area contributed by atoms with E-state index in [0.717, 1.165) is 5.56 Å². The third kappa shape index (κ3) is 4.79. The molecule has 1 aromatic rings. The normalized spacial score (nSPS) is 17.6. The van der Waals surface area contributed by atoms with Crippen LogP contribution in [-0.2, 0) is 19.6 Å². The Balaban J connectivity index is 2.13. The van der Waals surface area contributed by atoms with Crippen LogP contribution in [0.5, 0.6) is 0 Å². The fourth-order valence-corrected chi connectivity index (χ4v) is 4.30. The third-order valence-corrected chi connectivity index (χ3v) is 6.65. The maximum absolute atomic E-state index is 12.9. The van der Waals surface area contributed by atoms with Crippen LogP contribution in [0.2, 0.25) is 0 Å². The number of carboxylic acid groups (broad SMARTS) is 1. The zero-order chi connectivity index (χ0) is 19.3. The van der Waals surface area contributed by atoms with Crippen molar-refractivity contribution in [2.75, 3.05) is 25.4 Å². The van der Waals surface area contributed by atoms with Crippen LogP contribution < -0.4 is 0 Å². The summed E-state index contributed by atoms with van der Waals surface area (Å²) in [7, 11) is -3.27. The zero-order valence-electron chi connectivity index (χ0n) is 15.0. The van der Waals surface area contributed by atoms with Gasteiger partial charge in [-0.15, -0.1) is 0 Å². The summed E-state index contributed by atoms with van der Waals surface area (Å²) in [5, 5.41) is 9.22. The number of carbonyl (C=O) groups is 2. The molecule has 1 fully saturated rings. The number of pyridine rings is 1. The molecule has 0 saturated carbocycles. The largest absolute Gasteiger partial charge is 0.480 e. The lowest BCUT2D eigenvalue weighted by Gasteiger charge is -2.38. The van der Waals surface area contributed by atoms with Gasteiger partial charge in [0.2, 0.25) is 15.9 Å². The molecule has 0 bridgehead atoms. The van der Waals surface area contributed by atoms with Crippen molar-refractivity contribution in [2.24, 2.45) is 0 Å². The average molecular weight is 383 g/mol. The molecule has 1 amide bonds. The maximum Gasteiger partial charge on any atom is 0.323 e. The molecule has 1 atom stereocenters. The van der Waals surface area contributed by atoms with Crippen molar-refractivity contribution in [3.05, 3.63) is 30.1 Å². The first-order chi connectivity index (χ1) is 12.3. The molecule has 0 spiro atoms. The zero-order valence-corrected chi connectivity index (χ0v) is 15.9. The van der Waals surface area contributed by atoms with Gasteiger partial charge in [0.15, 0.2) is 0 Å². The molecule has 0 radical (unpaired) electrons. The van der Waals surface area contributed by atoms with Gasteiger partial charge in [0.1, 0.15) is 6.54 Å². The lowest BCUT2D eigenvalue weighted by molar-refractivity contribution is -0.147. The van der Waals surface area contributed by atoms with Crippen LogP contribution in [0.3, 0.4) is 0 Å². The van der Waals surface area contributed by atoms with Crippen LogP contribution in [-0.4, -0.2) is 71.0 Å². The van der Waals surface area contributed by atoms with Crippen LogP contribution in [0.4, 0.5) is 0 Å². The second-order valence-corrected chi connectivity index (χ2v) is 8.66. The number of nitrogens with zero attached hydrogens (tertiary/aromatic N) is 3. The van der Waals surface area contributed by atoms with Crippen LogP contribution in [0, 0.1) is 0 Å². The SMILES string of the molecule is CCS(=O)(=O)N1CCC(N(CC(=O)O)C(=O)C(C)c2cccnc2)CC1. The summed E-state index contributed by atoms with van der Waals surface area (Å²) in [6.45, 7) is 3.52. The Morgan fingerprint density at radius 3 is 2.54 bits per heavy atom. The molecule has 1 saturated heterocycles. The molecule has 0 aliphatic carbocycles. The number of rotatable bonds is 7. The molecule has 26 heavy (non-hydrogen) atoms. The van der Waals surface area contributed by atoms with Crippen molar-refractivity contribution < 1.29 is 23.1 Å². The van der Waals surface area contributed by atoms with E-state index in [1.54, 1.807) is 38.4 Å². The molecule has 1 aromatic heterocycles. The van der Waals surface area contributed by atoms with E-state index in [-0.39, 0.29) is 17.7 Å². The van der Waals surface area contributed by atoms with Crippen molar-refractivity contribution in [1.82, 2.24) is 14.2 Å². The van der Waals surface area contributed by atoms with Crippen LogP contribution in [0.25, 0.3) is 0 Å². The summed E-state index contributed by atoms with van der Waals surface area (Å²) in [6, 6.07) is 3.22. The summed E-state index contributed by atoms with van der Waals surface area (Å²) in [5.41, 5.74) is 0.721. The lowest BCUT2D eigenvalue weighted by atomic mass is 9.98. The van der Waals surface area contributed by atoms with Gasteiger partial charge in [-0.05, 0) is 38.3 Å². The Kier molecular flexibility index (Phi) is 6.71. The summed E-state index contributed by atoms with van der Waals surface area (Å²) in [6.07, 6.45) is 4.06. The molecular formula is C17H25N3O5S. The van der Waals surface area contributed by atoms with E-state index in [4.69, 9.17) is 0 Å². The predicted molar refractivity (Wildman–Crippen MR) is 96.1 cm³/mol. The highest BCUT2D eigenvalue weighted by molar-refractivity contribution is 7.89. The number of aliphatic carboxylic acids is 1. The van der Waals surface area contributed by atoms with Crippen molar-refractivity contribution in [3.63, 3.8) is 0 Å². The first-order valence-corrected chi connectivity index (χ1v) is 10.3. The van der Waals surface area contributed by atoms with E-state index >= 15 is 0 Å². The van der Waals surface area contributed by atoms with Crippen molar-refractivity contribution in [2.45, 2.75) is 38.6 Å². The quantitative estimate of drug-likeness (QED) is 0.750. The molecule has 9 heteroatoms. The molecule has 2 heterocycles. The Bertz CT molecular complexity index is 730. The van der Waals surface area contributed by atoms with Crippen LogP contribution >= 0.6 is 0 Å². The van der Waals surface area contributed by atoms with Gasteiger partial charge in [0, 0.05) is 31.5 Å². The number of hydrogen-bond acceptors (Lipinski definition) is 5. The minimum absolute atomic E-state index is 0.0352. The average Bonchev–Trinajstić information content (AvgIpc) is 2.65. The minimum atomic E-state index is -3.27. The van der Waals surface area contributed by atoms with E-state index in [1.165, 1.54) is 9.21 Å². The summed E-state index contributed by atoms with van der Waals surface area (Å²) >= 11 is 0. The molecule has 1 aliphatic rings. The van der Waals surface area contributed by atoms with Gasteiger partial charge in [-0.2, -0.15) is 0 Å². The highest BCUT2D eigenvalue weighted by atomic mass is 32.2. The second-order valence-electron chi connectivity index (χ2n) is 6.40. The Hall–Kier alpha value is -2.00. The number of carbonyl (C=O) groups excluding carboxylic acids is 1. The van der Waals surface area contributed by atoms with E-state index < -0.39 is 28.5 Å². The predicted octanol–water partition coefficient (Wildman–Crippen LogP) is 0.912. The molecule has 1 unspecified atom stereocenters. The molecular weight excluding hydrogens is 358 g/mol. The number of carboxylic acids is 1. The first kappa shape index (κ1) is 20.3. The van der Waals surface area contributed by atoms with Crippen molar-refractivity contribution in [1.29, 1.82) is 0 Å². The molecule has 1 aliphatic heterocycles. The summed E-state index contributed by atoms with van der Waals surface area (Å²) in [4.78, 5) is 29.6. The molecule has 2 rings (SSSR count). The van der Waals surface area contributed by atoms with E-state index in [1.807, 2.05) is 0 Å². The summed E-state index contributed by atoms with van der Waals surface area (Å²) in [5.74, 6) is -1.84. The van der Waals surface area contributed by atoms with Gasteiger partial charge in [-0.1, -0.05) is 6.07 Å². The minimum Gasteiger partial charge on any atom is -0.480 e. The van der Waals surface area contributed by atoms with Crippen molar-refractivity contribution in [3.8, 4) is 0 Å².